The molecule has 132 valence electrons. The Morgan fingerprint density at radius 1 is 1.12 bits per heavy atom. The van der Waals surface area contributed by atoms with Crippen LogP contribution < -0.4 is 4.90 Å². The highest BCUT2D eigenvalue weighted by molar-refractivity contribution is 6.35. The third-order valence-corrected chi connectivity index (χ3v) is 5.48. The Labute approximate surface area is 159 Å². The molecule has 1 atom stereocenters. The Morgan fingerprint density at radius 3 is 2.48 bits per heavy atom. The van der Waals surface area contributed by atoms with Crippen molar-refractivity contribution in [3.8, 4) is 0 Å². The molecule has 0 saturated carbocycles. The second-order valence-electron chi connectivity index (χ2n) is 6.51. The maximum absolute atomic E-state index is 12.9. The van der Waals surface area contributed by atoms with Crippen molar-refractivity contribution >= 4 is 34.8 Å². The number of likely N-dealkylation sites (tertiary alicyclic amines) is 1. The van der Waals surface area contributed by atoms with Crippen LogP contribution in [0.15, 0.2) is 48.5 Å². The molecule has 0 unspecified atom stereocenters. The SMILES string of the molecule is CN(C(=O)[C@@H]1CCCN(Cc2c(Cl)cccc2Cl)C1)c1ccccc1. The number of carbonyl (C=O) groups is 1. The van der Waals surface area contributed by atoms with Gasteiger partial charge < -0.3 is 4.90 Å². The molecule has 3 nitrogen and oxygen atoms in total. The first kappa shape index (κ1) is 18.2. The second-order valence-corrected chi connectivity index (χ2v) is 7.32. The number of carbonyl (C=O) groups excluding carboxylic acids is 1. The van der Waals surface area contributed by atoms with Gasteiger partial charge in [-0.15, -0.1) is 0 Å². The van der Waals surface area contributed by atoms with Crippen LogP contribution in [0.4, 0.5) is 5.69 Å². The molecule has 1 heterocycles. The number of amides is 1. The first-order valence-electron chi connectivity index (χ1n) is 8.54. The van der Waals surface area contributed by atoms with Gasteiger partial charge in [-0.1, -0.05) is 47.5 Å². The maximum Gasteiger partial charge on any atom is 0.231 e. The number of anilines is 1. The van der Waals surface area contributed by atoms with Gasteiger partial charge in [0.1, 0.15) is 0 Å². The Morgan fingerprint density at radius 2 is 1.80 bits per heavy atom. The molecule has 2 aromatic rings. The van der Waals surface area contributed by atoms with Gasteiger partial charge in [0.25, 0.3) is 0 Å². The molecule has 3 rings (SSSR count). The molecule has 0 N–H and O–H groups in total. The Balaban J connectivity index is 1.68. The van der Waals surface area contributed by atoms with Gasteiger partial charge in [-0.2, -0.15) is 0 Å². The molecule has 0 aliphatic carbocycles. The number of piperidine rings is 1. The van der Waals surface area contributed by atoms with Crippen LogP contribution >= 0.6 is 23.2 Å². The predicted octanol–water partition coefficient (Wildman–Crippen LogP) is 4.87. The Kier molecular flexibility index (Phi) is 6.00. The van der Waals surface area contributed by atoms with Crippen LogP contribution in [0.25, 0.3) is 0 Å². The zero-order valence-corrected chi connectivity index (χ0v) is 15.8. The van der Waals surface area contributed by atoms with Crippen LogP contribution in [0.3, 0.4) is 0 Å². The van der Waals surface area contributed by atoms with E-state index in [0.717, 1.165) is 37.2 Å². The molecule has 0 aromatic heterocycles. The molecule has 1 aliphatic rings. The molecule has 1 amide bonds. The molecule has 1 aliphatic heterocycles. The number of para-hydroxylation sites is 1. The van der Waals surface area contributed by atoms with Gasteiger partial charge in [-0.05, 0) is 43.7 Å². The molecule has 25 heavy (non-hydrogen) atoms. The highest BCUT2D eigenvalue weighted by Crippen LogP contribution is 2.28. The third kappa shape index (κ3) is 4.35. The summed E-state index contributed by atoms with van der Waals surface area (Å²) in [7, 11) is 1.85. The summed E-state index contributed by atoms with van der Waals surface area (Å²) < 4.78 is 0. The summed E-state index contributed by atoms with van der Waals surface area (Å²) in [4.78, 5) is 16.9. The summed E-state index contributed by atoms with van der Waals surface area (Å²) in [6, 6.07) is 15.3. The van der Waals surface area contributed by atoms with Gasteiger partial charge in [0.05, 0.1) is 5.92 Å². The molecule has 1 saturated heterocycles. The van der Waals surface area contributed by atoms with Crippen LogP contribution in [0.1, 0.15) is 18.4 Å². The number of hydrogen-bond donors (Lipinski definition) is 0. The zero-order valence-electron chi connectivity index (χ0n) is 14.3. The van der Waals surface area contributed by atoms with Crippen LogP contribution in [0, 0.1) is 5.92 Å². The van der Waals surface area contributed by atoms with E-state index in [1.165, 1.54) is 0 Å². The van der Waals surface area contributed by atoms with Crippen LogP contribution in [-0.4, -0.2) is 30.9 Å². The van der Waals surface area contributed by atoms with E-state index in [2.05, 4.69) is 4.90 Å². The molecule has 0 bridgehead atoms. The lowest BCUT2D eigenvalue weighted by atomic mass is 9.96. The molecule has 5 heteroatoms. The van der Waals surface area contributed by atoms with Crippen LogP contribution in [0.2, 0.25) is 10.0 Å². The first-order chi connectivity index (χ1) is 12.1. The van der Waals surface area contributed by atoms with Gasteiger partial charge in [-0.25, -0.2) is 0 Å². The number of halogens is 2. The van der Waals surface area contributed by atoms with Crippen molar-refractivity contribution in [1.29, 1.82) is 0 Å². The molecular weight excluding hydrogens is 355 g/mol. The fraction of sp³-hybridized carbons (Fsp3) is 0.350. The highest BCUT2D eigenvalue weighted by Gasteiger charge is 2.29. The maximum atomic E-state index is 12.9. The minimum absolute atomic E-state index is 0.000203. The van der Waals surface area contributed by atoms with Gasteiger partial charge in [0.2, 0.25) is 5.91 Å². The van der Waals surface area contributed by atoms with Crippen molar-refractivity contribution < 1.29 is 4.79 Å². The van der Waals surface area contributed by atoms with E-state index in [4.69, 9.17) is 23.2 Å². The lowest BCUT2D eigenvalue weighted by Gasteiger charge is -2.34. The lowest BCUT2D eigenvalue weighted by Crippen LogP contribution is -2.43. The third-order valence-electron chi connectivity index (χ3n) is 4.77. The number of rotatable bonds is 4. The topological polar surface area (TPSA) is 23.6 Å². The molecule has 0 radical (unpaired) electrons. The standard InChI is InChI=1S/C20H22Cl2N2O/c1-23(16-8-3-2-4-9-16)20(25)15-7-6-12-24(13-15)14-17-18(21)10-5-11-19(17)22/h2-5,8-11,15H,6-7,12-14H2,1H3/t15-/m1/s1. The summed E-state index contributed by atoms with van der Waals surface area (Å²) >= 11 is 12.6. The van der Waals surface area contributed by atoms with E-state index in [1.54, 1.807) is 4.90 Å². The summed E-state index contributed by atoms with van der Waals surface area (Å²) in [6.45, 7) is 2.37. The van der Waals surface area contributed by atoms with Crippen molar-refractivity contribution in [2.75, 3.05) is 25.0 Å². The fourth-order valence-electron chi connectivity index (χ4n) is 3.36. The minimum atomic E-state index is 0.000203. The van der Waals surface area contributed by atoms with Gasteiger partial charge in [0, 0.05) is 41.4 Å². The summed E-state index contributed by atoms with van der Waals surface area (Å²) in [6.07, 6.45) is 1.92. The Hall–Kier alpha value is -1.55. The van der Waals surface area contributed by atoms with Crippen molar-refractivity contribution in [3.05, 3.63) is 64.1 Å². The quantitative estimate of drug-likeness (QED) is 0.759. The highest BCUT2D eigenvalue weighted by atomic mass is 35.5. The second kappa shape index (κ2) is 8.22. The average molecular weight is 377 g/mol. The van der Waals surface area contributed by atoms with Crippen molar-refractivity contribution in [2.45, 2.75) is 19.4 Å². The monoisotopic (exact) mass is 376 g/mol. The summed E-state index contributed by atoms with van der Waals surface area (Å²) in [5.41, 5.74) is 1.87. The molecule has 2 aromatic carbocycles. The molecule has 0 spiro atoms. The smallest absolute Gasteiger partial charge is 0.231 e. The van der Waals surface area contributed by atoms with E-state index in [-0.39, 0.29) is 11.8 Å². The minimum Gasteiger partial charge on any atom is -0.315 e. The normalized spacial score (nSPS) is 18.1. The van der Waals surface area contributed by atoms with E-state index >= 15 is 0 Å². The summed E-state index contributed by atoms with van der Waals surface area (Å²) in [5, 5.41) is 1.37. The van der Waals surface area contributed by atoms with Crippen molar-refractivity contribution in [1.82, 2.24) is 4.90 Å². The average Bonchev–Trinajstić information content (AvgIpc) is 2.64. The predicted molar refractivity (Wildman–Crippen MR) is 104 cm³/mol. The molecule has 1 fully saturated rings. The van der Waals surface area contributed by atoms with E-state index in [1.807, 2.05) is 55.6 Å². The largest absolute Gasteiger partial charge is 0.315 e. The van der Waals surface area contributed by atoms with Crippen molar-refractivity contribution in [3.63, 3.8) is 0 Å². The van der Waals surface area contributed by atoms with E-state index < -0.39 is 0 Å². The van der Waals surface area contributed by atoms with Gasteiger partial charge in [0.15, 0.2) is 0 Å². The van der Waals surface area contributed by atoms with Crippen LogP contribution in [-0.2, 0) is 11.3 Å². The van der Waals surface area contributed by atoms with E-state index in [0.29, 0.717) is 16.6 Å². The number of benzene rings is 2. The number of nitrogens with zero attached hydrogens (tertiary/aromatic N) is 2. The Bertz CT molecular complexity index is 715. The zero-order chi connectivity index (χ0) is 17.8. The molecular formula is C20H22Cl2N2O. The number of hydrogen-bond acceptors (Lipinski definition) is 2. The first-order valence-corrected chi connectivity index (χ1v) is 9.29. The lowest BCUT2D eigenvalue weighted by molar-refractivity contribution is -0.123. The van der Waals surface area contributed by atoms with Gasteiger partial charge >= 0.3 is 0 Å². The fourth-order valence-corrected chi connectivity index (χ4v) is 3.88. The van der Waals surface area contributed by atoms with Gasteiger partial charge in [-0.3, -0.25) is 9.69 Å². The summed E-state index contributed by atoms with van der Waals surface area (Å²) in [5.74, 6) is 0.168. The van der Waals surface area contributed by atoms with E-state index in [9.17, 15) is 4.79 Å². The van der Waals surface area contributed by atoms with Crippen LogP contribution in [0.5, 0.6) is 0 Å². The van der Waals surface area contributed by atoms with Crippen molar-refractivity contribution in [2.24, 2.45) is 5.92 Å².